The first-order valence-electron chi connectivity index (χ1n) is 9.80. The van der Waals surface area contributed by atoms with Gasteiger partial charge >= 0.3 is 0 Å². The third-order valence-electron chi connectivity index (χ3n) is 6.01. The van der Waals surface area contributed by atoms with Gasteiger partial charge in [0.05, 0.1) is 33.4 Å². The van der Waals surface area contributed by atoms with Crippen LogP contribution in [0.15, 0.2) is 41.1 Å². The molecule has 1 saturated heterocycles. The van der Waals surface area contributed by atoms with Gasteiger partial charge in [-0.05, 0) is 11.4 Å². The molecule has 5 rings (SSSR count). The van der Waals surface area contributed by atoms with E-state index < -0.39 is 0 Å². The first-order chi connectivity index (χ1) is 14.1. The summed E-state index contributed by atoms with van der Waals surface area (Å²) in [4.78, 5) is 31.1. The van der Waals surface area contributed by atoms with Crippen LogP contribution in [0.1, 0.15) is 32.1 Å². The Hall–Kier alpha value is -1.88. The number of benzene rings is 1. The fourth-order valence-corrected chi connectivity index (χ4v) is 4.79. The van der Waals surface area contributed by atoms with Crippen LogP contribution in [0.2, 0.25) is 0 Å². The number of fused-ring (bicyclic) bond motifs is 2. The maximum atomic E-state index is 13.4. The molecule has 1 aromatic carbocycles. The molecule has 0 N–H and O–H groups in total. The minimum Gasteiger partial charge on any atom is -1.00 e. The second-order valence-corrected chi connectivity index (χ2v) is 8.68. The molecule has 156 valence electrons. The number of nitrogens with zero attached hydrogens (tertiary/aromatic N) is 3. The molecule has 0 amide bonds. The van der Waals surface area contributed by atoms with Crippen molar-refractivity contribution < 1.29 is 42.8 Å². The quantitative estimate of drug-likeness (QED) is 0.270. The number of ether oxygens (including phenoxy) is 1. The summed E-state index contributed by atoms with van der Waals surface area (Å²) in [6.07, 6.45) is 0. The lowest BCUT2D eigenvalue weighted by Gasteiger charge is -2.37. The monoisotopic (exact) mass is 535 g/mol. The summed E-state index contributed by atoms with van der Waals surface area (Å²) in [5.41, 5.74) is 2.56. The summed E-state index contributed by atoms with van der Waals surface area (Å²) in [6.45, 7) is 4.87. The molecule has 0 radical (unpaired) electrons. The molecule has 0 atom stereocenters. The second-order valence-electron chi connectivity index (χ2n) is 7.90. The number of imidazole rings is 1. The zero-order valence-electron chi connectivity index (χ0n) is 16.6. The number of likely N-dealkylation sites (N-methyl/N-ethyl adjacent to an activating group) is 1. The minimum atomic E-state index is -0.169. The topological polar surface area (TPSA) is 61.2 Å². The molecule has 0 saturated carbocycles. The highest BCUT2D eigenvalue weighted by atomic mass is 127. The van der Waals surface area contributed by atoms with Crippen molar-refractivity contribution in [2.24, 2.45) is 0 Å². The third-order valence-corrected chi connectivity index (χ3v) is 6.69. The number of hydrogen-bond donors (Lipinski definition) is 0. The van der Waals surface area contributed by atoms with Crippen LogP contribution < -0.4 is 24.0 Å². The van der Waals surface area contributed by atoms with Crippen LogP contribution in [-0.4, -0.2) is 65.5 Å². The van der Waals surface area contributed by atoms with E-state index in [9.17, 15) is 9.59 Å². The molecule has 30 heavy (non-hydrogen) atoms. The Morgan fingerprint density at radius 3 is 2.47 bits per heavy atom. The van der Waals surface area contributed by atoms with Crippen molar-refractivity contribution in [3.8, 4) is 11.4 Å². The molecular formula is C22H22IN3O3S. The summed E-state index contributed by atoms with van der Waals surface area (Å²) in [6, 6.07) is 9.02. The van der Waals surface area contributed by atoms with E-state index in [0.29, 0.717) is 29.2 Å². The van der Waals surface area contributed by atoms with Crippen LogP contribution in [0, 0.1) is 0 Å². The van der Waals surface area contributed by atoms with Crippen molar-refractivity contribution in [1.82, 2.24) is 9.55 Å². The zero-order chi connectivity index (χ0) is 20.0. The molecule has 2 aliphatic rings. The Bertz CT molecular complexity index is 1100. The van der Waals surface area contributed by atoms with Gasteiger partial charge in [0.2, 0.25) is 11.6 Å². The van der Waals surface area contributed by atoms with Gasteiger partial charge in [0, 0.05) is 22.1 Å². The van der Waals surface area contributed by atoms with Gasteiger partial charge in [-0.2, -0.15) is 11.3 Å². The average Bonchev–Trinajstić information content (AvgIpc) is 3.39. The van der Waals surface area contributed by atoms with Gasteiger partial charge in [-0.1, -0.05) is 24.3 Å². The number of aromatic nitrogens is 2. The minimum absolute atomic E-state index is 0. The molecular weight excluding hydrogens is 513 g/mol. The van der Waals surface area contributed by atoms with Crippen molar-refractivity contribution in [1.29, 1.82) is 0 Å². The zero-order valence-corrected chi connectivity index (χ0v) is 19.6. The van der Waals surface area contributed by atoms with Crippen LogP contribution in [0.25, 0.3) is 11.4 Å². The smallest absolute Gasteiger partial charge is 0.214 e. The maximum absolute atomic E-state index is 13.4. The highest BCUT2D eigenvalue weighted by molar-refractivity contribution is 7.08. The summed E-state index contributed by atoms with van der Waals surface area (Å²) < 4.78 is 8.36. The predicted molar refractivity (Wildman–Crippen MR) is 110 cm³/mol. The SMILES string of the molecule is C[N+]1(CCn2c(-c3ccsc3)nc3c2C(=O)c2ccccc2C3=O)CCOCC1.[I-]. The van der Waals surface area contributed by atoms with Gasteiger partial charge in [0.1, 0.15) is 30.3 Å². The second kappa shape index (κ2) is 8.33. The lowest BCUT2D eigenvalue weighted by molar-refractivity contribution is -0.917. The van der Waals surface area contributed by atoms with E-state index in [0.717, 1.165) is 42.9 Å². The number of rotatable bonds is 4. The highest BCUT2D eigenvalue weighted by Gasteiger charge is 2.36. The van der Waals surface area contributed by atoms with Crippen molar-refractivity contribution in [2.45, 2.75) is 6.54 Å². The standard InChI is InChI=1S/C22H22N3O3S.HI/c1-25(9-11-28-12-10-25)8-7-24-19-18(23-22(24)15-6-13-29-14-15)20(26)16-4-2-3-5-17(16)21(19)27;/h2-6,13-14H,7-12H2,1H3;1H/q+1;/p-1. The molecule has 8 heteroatoms. The Morgan fingerprint density at radius 2 is 1.80 bits per heavy atom. The molecule has 1 aliphatic carbocycles. The molecule has 2 aromatic heterocycles. The van der Waals surface area contributed by atoms with Crippen molar-refractivity contribution >= 4 is 22.9 Å². The van der Waals surface area contributed by atoms with Crippen molar-refractivity contribution in [3.63, 3.8) is 0 Å². The van der Waals surface area contributed by atoms with Crippen LogP contribution in [0.4, 0.5) is 0 Å². The Kier molecular flexibility index (Phi) is 5.93. The van der Waals surface area contributed by atoms with Crippen molar-refractivity contribution in [3.05, 3.63) is 63.6 Å². The van der Waals surface area contributed by atoms with E-state index in [-0.39, 0.29) is 41.2 Å². The number of ketones is 2. The van der Waals surface area contributed by atoms with Gasteiger partial charge in [0.25, 0.3) is 0 Å². The van der Waals surface area contributed by atoms with Crippen LogP contribution in [0.5, 0.6) is 0 Å². The Morgan fingerprint density at radius 1 is 1.10 bits per heavy atom. The van der Waals surface area contributed by atoms with Gasteiger partial charge in [0.15, 0.2) is 0 Å². The lowest BCUT2D eigenvalue weighted by atomic mass is 9.90. The first kappa shape index (κ1) is 21.4. The van der Waals surface area contributed by atoms with E-state index in [1.807, 2.05) is 21.4 Å². The largest absolute Gasteiger partial charge is 1.00 e. The predicted octanol–water partition coefficient (Wildman–Crippen LogP) is -0.132. The molecule has 1 aliphatic heterocycles. The van der Waals surface area contributed by atoms with Crippen LogP contribution in [-0.2, 0) is 11.3 Å². The molecule has 0 unspecified atom stereocenters. The fourth-order valence-electron chi connectivity index (χ4n) is 4.15. The Balaban J connectivity index is 0.00000218. The molecule has 3 heterocycles. The summed E-state index contributed by atoms with van der Waals surface area (Å²) in [7, 11) is 2.22. The normalized spacial score (nSPS) is 17.2. The number of carbonyl (C=O) groups excluding carboxylic acids is 2. The number of thiophene rings is 1. The number of quaternary nitrogens is 1. The molecule has 1 fully saturated rings. The maximum Gasteiger partial charge on any atom is 0.214 e. The molecule has 6 nitrogen and oxygen atoms in total. The summed E-state index contributed by atoms with van der Waals surface area (Å²) >= 11 is 1.58. The fraction of sp³-hybridized carbons (Fsp3) is 0.318. The number of morpholine rings is 1. The van der Waals surface area contributed by atoms with Crippen molar-refractivity contribution in [2.75, 3.05) is 39.9 Å². The van der Waals surface area contributed by atoms with Gasteiger partial charge in [-0.25, -0.2) is 4.98 Å². The first-order valence-corrected chi connectivity index (χ1v) is 10.7. The number of carbonyl (C=O) groups is 2. The van der Waals surface area contributed by atoms with Gasteiger partial charge in [-0.3, -0.25) is 9.59 Å². The number of hydrogen-bond acceptors (Lipinski definition) is 5. The average molecular weight is 535 g/mol. The lowest BCUT2D eigenvalue weighted by Crippen LogP contribution is -3.00. The number of halogens is 1. The summed E-state index contributed by atoms with van der Waals surface area (Å²) in [5, 5.41) is 4.00. The Labute approximate surface area is 196 Å². The highest BCUT2D eigenvalue weighted by Crippen LogP contribution is 2.32. The van der Waals surface area contributed by atoms with Crippen LogP contribution in [0.3, 0.4) is 0 Å². The molecule has 0 bridgehead atoms. The van der Waals surface area contributed by atoms with Gasteiger partial charge < -0.3 is 37.8 Å². The molecule has 3 aromatic rings. The van der Waals surface area contributed by atoms with E-state index in [2.05, 4.69) is 12.0 Å². The summed E-state index contributed by atoms with van der Waals surface area (Å²) in [5.74, 6) is 0.414. The van der Waals surface area contributed by atoms with E-state index in [4.69, 9.17) is 4.74 Å². The van der Waals surface area contributed by atoms with E-state index in [1.54, 1.807) is 35.6 Å². The van der Waals surface area contributed by atoms with E-state index in [1.165, 1.54) is 0 Å². The van der Waals surface area contributed by atoms with Gasteiger partial charge in [-0.15, -0.1) is 0 Å². The molecule has 0 spiro atoms. The van der Waals surface area contributed by atoms with E-state index >= 15 is 0 Å². The van der Waals surface area contributed by atoms with Crippen LogP contribution >= 0.6 is 11.3 Å². The third kappa shape index (κ3) is 3.55.